The number of piperazine rings is 1. The van der Waals surface area contributed by atoms with Crippen molar-refractivity contribution in [2.75, 3.05) is 44.2 Å². The molecule has 0 aromatic carbocycles. The predicted octanol–water partition coefficient (Wildman–Crippen LogP) is 2.35. The van der Waals surface area contributed by atoms with E-state index in [1.807, 2.05) is 29.3 Å². The van der Waals surface area contributed by atoms with Gasteiger partial charge in [-0.3, -0.25) is 4.79 Å². The number of pyridine rings is 1. The normalized spacial score (nSPS) is 18.5. The van der Waals surface area contributed by atoms with E-state index in [4.69, 9.17) is 0 Å². The van der Waals surface area contributed by atoms with Gasteiger partial charge in [0.05, 0.1) is 0 Å². The number of nitrogens with one attached hydrogen (secondary N) is 1. The SMILES string of the molecule is Cl.Cl.O=C(CCC1CCNCC1)N1CCN(c2ccccn2)CC1. The quantitative estimate of drug-likeness (QED) is 0.878. The van der Waals surface area contributed by atoms with Gasteiger partial charge in [0.1, 0.15) is 5.82 Å². The first kappa shape index (κ1) is 21.0. The van der Waals surface area contributed by atoms with Crippen LogP contribution >= 0.6 is 24.8 Å². The molecule has 2 aliphatic rings. The highest BCUT2D eigenvalue weighted by molar-refractivity contribution is 5.85. The van der Waals surface area contributed by atoms with Crippen molar-refractivity contribution in [2.45, 2.75) is 25.7 Å². The Bertz CT molecular complexity index is 475. The van der Waals surface area contributed by atoms with E-state index in [1.54, 1.807) is 0 Å². The molecule has 1 amide bonds. The molecule has 0 saturated carbocycles. The maximum atomic E-state index is 12.4. The van der Waals surface area contributed by atoms with E-state index >= 15 is 0 Å². The van der Waals surface area contributed by atoms with Crippen molar-refractivity contribution in [3.63, 3.8) is 0 Å². The van der Waals surface area contributed by atoms with Crippen LogP contribution in [-0.4, -0.2) is 55.1 Å². The van der Waals surface area contributed by atoms with Crippen molar-refractivity contribution >= 4 is 36.5 Å². The maximum absolute atomic E-state index is 12.4. The van der Waals surface area contributed by atoms with E-state index in [-0.39, 0.29) is 24.8 Å². The zero-order chi connectivity index (χ0) is 15.2. The minimum absolute atomic E-state index is 0. The molecule has 1 aromatic heterocycles. The van der Waals surface area contributed by atoms with Gasteiger partial charge < -0.3 is 15.1 Å². The van der Waals surface area contributed by atoms with E-state index in [2.05, 4.69) is 15.2 Å². The summed E-state index contributed by atoms with van der Waals surface area (Å²) in [6.07, 6.45) is 6.04. The number of piperidine rings is 1. The number of aromatic nitrogens is 1. The molecule has 0 bridgehead atoms. The van der Waals surface area contributed by atoms with Gasteiger partial charge in [-0.05, 0) is 50.4 Å². The van der Waals surface area contributed by atoms with Crippen LogP contribution in [0.3, 0.4) is 0 Å². The second-order valence-electron chi connectivity index (χ2n) is 6.29. The molecule has 1 N–H and O–H groups in total. The number of hydrogen-bond acceptors (Lipinski definition) is 4. The van der Waals surface area contributed by atoms with Gasteiger partial charge in [0.2, 0.25) is 5.91 Å². The molecule has 3 heterocycles. The van der Waals surface area contributed by atoms with Crippen LogP contribution in [0.5, 0.6) is 0 Å². The molecule has 0 aliphatic carbocycles. The highest BCUT2D eigenvalue weighted by Crippen LogP contribution is 2.19. The molecule has 136 valence electrons. The van der Waals surface area contributed by atoms with E-state index in [0.717, 1.165) is 57.4 Å². The summed E-state index contributed by atoms with van der Waals surface area (Å²) in [6, 6.07) is 5.98. The van der Waals surface area contributed by atoms with E-state index in [1.165, 1.54) is 12.8 Å². The average molecular weight is 375 g/mol. The molecular weight excluding hydrogens is 347 g/mol. The summed E-state index contributed by atoms with van der Waals surface area (Å²) >= 11 is 0. The maximum Gasteiger partial charge on any atom is 0.222 e. The summed E-state index contributed by atoms with van der Waals surface area (Å²) in [6.45, 7) is 5.64. The first-order chi connectivity index (χ1) is 10.8. The Morgan fingerprint density at radius 2 is 1.83 bits per heavy atom. The third-order valence-electron chi connectivity index (χ3n) is 4.83. The average Bonchev–Trinajstić information content (AvgIpc) is 2.61. The smallest absolute Gasteiger partial charge is 0.222 e. The summed E-state index contributed by atoms with van der Waals surface area (Å²) in [5, 5.41) is 3.38. The largest absolute Gasteiger partial charge is 0.353 e. The van der Waals surface area contributed by atoms with Gasteiger partial charge >= 0.3 is 0 Å². The second-order valence-corrected chi connectivity index (χ2v) is 6.29. The number of hydrogen-bond donors (Lipinski definition) is 1. The van der Waals surface area contributed by atoms with Gasteiger partial charge in [0.25, 0.3) is 0 Å². The number of anilines is 1. The lowest BCUT2D eigenvalue weighted by molar-refractivity contribution is -0.131. The van der Waals surface area contributed by atoms with Crippen molar-refractivity contribution in [1.29, 1.82) is 0 Å². The summed E-state index contributed by atoms with van der Waals surface area (Å²) < 4.78 is 0. The highest BCUT2D eigenvalue weighted by atomic mass is 35.5. The van der Waals surface area contributed by atoms with Crippen LogP contribution < -0.4 is 10.2 Å². The van der Waals surface area contributed by atoms with Crippen molar-refractivity contribution in [2.24, 2.45) is 5.92 Å². The van der Waals surface area contributed by atoms with Gasteiger partial charge in [-0.1, -0.05) is 6.07 Å². The summed E-state index contributed by atoms with van der Waals surface area (Å²) in [4.78, 5) is 21.0. The molecule has 2 aliphatic heterocycles. The molecule has 2 fully saturated rings. The number of nitrogens with zero attached hydrogens (tertiary/aromatic N) is 3. The monoisotopic (exact) mass is 374 g/mol. The topological polar surface area (TPSA) is 48.5 Å². The number of carbonyl (C=O) groups excluding carboxylic acids is 1. The molecule has 0 radical (unpaired) electrons. The van der Waals surface area contributed by atoms with Crippen LogP contribution in [0.4, 0.5) is 5.82 Å². The fraction of sp³-hybridized carbons (Fsp3) is 0.647. The van der Waals surface area contributed by atoms with Crippen LogP contribution in [0, 0.1) is 5.92 Å². The molecule has 24 heavy (non-hydrogen) atoms. The highest BCUT2D eigenvalue weighted by Gasteiger charge is 2.22. The molecule has 0 unspecified atom stereocenters. The van der Waals surface area contributed by atoms with Crippen LogP contribution in [0.1, 0.15) is 25.7 Å². The Hall–Kier alpha value is -1.04. The van der Waals surface area contributed by atoms with Crippen LogP contribution in [0.25, 0.3) is 0 Å². The van der Waals surface area contributed by atoms with E-state index in [9.17, 15) is 4.79 Å². The van der Waals surface area contributed by atoms with Crippen molar-refractivity contribution in [3.05, 3.63) is 24.4 Å². The zero-order valence-corrected chi connectivity index (χ0v) is 15.7. The Morgan fingerprint density at radius 1 is 1.12 bits per heavy atom. The molecule has 0 atom stereocenters. The number of carbonyl (C=O) groups is 1. The van der Waals surface area contributed by atoms with Crippen LogP contribution in [0.2, 0.25) is 0 Å². The molecule has 0 spiro atoms. The number of amides is 1. The van der Waals surface area contributed by atoms with Gasteiger partial charge in [-0.2, -0.15) is 0 Å². The minimum atomic E-state index is 0. The predicted molar refractivity (Wildman–Crippen MR) is 102 cm³/mol. The number of halogens is 2. The van der Waals surface area contributed by atoms with Gasteiger partial charge in [-0.15, -0.1) is 24.8 Å². The fourth-order valence-corrected chi connectivity index (χ4v) is 3.38. The molecule has 5 nitrogen and oxygen atoms in total. The Balaban J connectivity index is 0.00000144. The fourth-order valence-electron chi connectivity index (χ4n) is 3.38. The number of rotatable bonds is 4. The molecular formula is C17H28Cl2N4O. The molecule has 1 aromatic rings. The lowest BCUT2D eigenvalue weighted by Gasteiger charge is -2.35. The van der Waals surface area contributed by atoms with Gasteiger partial charge in [-0.25, -0.2) is 4.98 Å². The second kappa shape index (κ2) is 10.7. The first-order valence-corrected chi connectivity index (χ1v) is 8.47. The lowest BCUT2D eigenvalue weighted by atomic mass is 9.93. The summed E-state index contributed by atoms with van der Waals surface area (Å²) in [5.74, 6) is 2.09. The third kappa shape index (κ3) is 5.80. The summed E-state index contributed by atoms with van der Waals surface area (Å²) in [7, 11) is 0. The zero-order valence-electron chi connectivity index (χ0n) is 14.0. The van der Waals surface area contributed by atoms with Crippen molar-refractivity contribution in [3.8, 4) is 0 Å². The molecule has 3 rings (SSSR count). The standard InChI is InChI=1S/C17H26N4O.2ClH/c22-17(5-4-15-6-9-18-10-7-15)21-13-11-20(12-14-21)16-3-1-2-8-19-16;;/h1-3,8,15,18H,4-7,9-14H2;2*1H. The Kier molecular flexibility index (Phi) is 9.41. The van der Waals surface area contributed by atoms with Crippen molar-refractivity contribution < 1.29 is 4.79 Å². The molecule has 2 saturated heterocycles. The summed E-state index contributed by atoms with van der Waals surface area (Å²) in [5.41, 5.74) is 0. The Labute approximate surface area is 157 Å². The first-order valence-electron chi connectivity index (χ1n) is 8.47. The van der Waals surface area contributed by atoms with Crippen LogP contribution in [-0.2, 0) is 4.79 Å². The third-order valence-corrected chi connectivity index (χ3v) is 4.83. The van der Waals surface area contributed by atoms with E-state index < -0.39 is 0 Å². The van der Waals surface area contributed by atoms with Gasteiger partial charge in [0, 0.05) is 38.8 Å². The van der Waals surface area contributed by atoms with Crippen molar-refractivity contribution in [1.82, 2.24) is 15.2 Å². The minimum Gasteiger partial charge on any atom is -0.353 e. The van der Waals surface area contributed by atoms with Crippen LogP contribution in [0.15, 0.2) is 24.4 Å². The van der Waals surface area contributed by atoms with E-state index in [0.29, 0.717) is 12.3 Å². The Morgan fingerprint density at radius 3 is 2.46 bits per heavy atom. The van der Waals surface area contributed by atoms with Gasteiger partial charge in [0.15, 0.2) is 0 Å². The lowest BCUT2D eigenvalue weighted by Crippen LogP contribution is -2.49. The molecule has 7 heteroatoms.